The van der Waals surface area contributed by atoms with E-state index < -0.39 is 10.8 Å². The molecule has 1 saturated carbocycles. The molecule has 5 heteroatoms. The van der Waals surface area contributed by atoms with E-state index in [4.69, 9.17) is 0 Å². The van der Waals surface area contributed by atoms with Crippen LogP contribution >= 0.6 is 0 Å². The molecule has 0 radical (unpaired) electrons. The quantitative estimate of drug-likeness (QED) is 0.623. The number of hydrogen-bond donors (Lipinski definition) is 1. The molecular weight excluding hydrogens is 294 g/mol. The fourth-order valence-corrected chi connectivity index (χ4v) is 3.83. The summed E-state index contributed by atoms with van der Waals surface area (Å²) in [4.78, 5) is 6.58. The highest BCUT2D eigenvalue weighted by Crippen LogP contribution is 2.28. The third-order valence-electron chi connectivity index (χ3n) is 4.49. The summed E-state index contributed by atoms with van der Waals surface area (Å²) in [6, 6.07) is 0. The summed E-state index contributed by atoms with van der Waals surface area (Å²) in [5.41, 5.74) is 0. The average Bonchev–Trinajstić information content (AvgIpc) is 2.44. The molecule has 0 heterocycles. The van der Waals surface area contributed by atoms with E-state index in [0.717, 1.165) is 24.3 Å². The largest absolute Gasteiger partial charge is 0.355 e. The summed E-state index contributed by atoms with van der Waals surface area (Å²) in [7, 11) is 3.11. The molecule has 1 fully saturated rings. The maximum absolute atomic E-state index is 12.1. The van der Waals surface area contributed by atoms with Crippen LogP contribution in [0.4, 0.5) is 0 Å². The van der Waals surface area contributed by atoms with Crippen molar-refractivity contribution in [1.82, 2.24) is 10.2 Å². The minimum Gasteiger partial charge on any atom is -0.355 e. The molecule has 1 N–H and O–H groups in total. The molecular formula is C17H35N3OS. The van der Waals surface area contributed by atoms with Gasteiger partial charge in [-0.2, -0.15) is 0 Å². The molecule has 1 unspecified atom stereocenters. The van der Waals surface area contributed by atoms with Crippen LogP contribution in [0.2, 0.25) is 0 Å². The zero-order valence-corrected chi connectivity index (χ0v) is 16.1. The van der Waals surface area contributed by atoms with Gasteiger partial charge in [-0.15, -0.1) is 0 Å². The first-order chi connectivity index (χ1) is 10.2. The standard InChI is InChI=1S/C17H35N3OS/c1-14-7-9-15(10-8-14)13-20(6)16(18-5)19-11-12-22(21)17(2,3)4/h14-15H,7-13H2,1-6H3,(H,18,19). The maximum atomic E-state index is 12.1. The van der Waals surface area contributed by atoms with Gasteiger partial charge in [0.05, 0.1) is 0 Å². The highest BCUT2D eigenvalue weighted by Gasteiger charge is 2.21. The Morgan fingerprint density at radius 2 is 1.86 bits per heavy atom. The van der Waals surface area contributed by atoms with Crippen LogP contribution in [-0.2, 0) is 10.8 Å². The van der Waals surface area contributed by atoms with Crippen molar-refractivity contribution in [2.45, 2.75) is 58.1 Å². The summed E-state index contributed by atoms with van der Waals surface area (Å²) < 4.78 is 11.9. The average molecular weight is 330 g/mol. The summed E-state index contributed by atoms with van der Waals surface area (Å²) >= 11 is 0. The molecule has 1 atom stereocenters. The van der Waals surface area contributed by atoms with Crippen LogP contribution in [-0.4, -0.2) is 52.8 Å². The lowest BCUT2D eigenvalue weighted by molar-refractivity contribution is 0.250. The van der Waals surface area contributed by atoms with Crippen LogP contribution in [0.1, 0.15) is 53.4 Å². The van der Waals surface area contributed by atoms with Crippen molar-refractivity contribution in [3.05, 3.63) is 0 Å². The zero-order valence-electron chi connectivity index (χ0n) is 15.3. The van der Waals surface area contributed by atoms with Gasteiger partial charge in [0.2, 0.25) is 0 Å². The molecule has 4 nitrogen and oxygen atoms in total. The Morgan fingerprint density at radius 3 is 2.36 bits per heavy atom. The third kappa shape index (κ3) is 6.67. The van der Waals surface area contributed by atoms with Gasteiger partial charge in [-0.3, -0.25) is 9.20 Å². The molecule has 1 aliphatic carbocycles. The van der Waals surface area contributed by atoms with E-state index in [1.807, 2.05) is 27.8 Å². The lowest BCUT2D eigenvalue weighted by Crippen LogP contribution is -2.43. The van der Waals surface area contributed by atoms with Gasteiger partial charge >= 0.3 is 0 Å². The molecule has 0 bridgehead atoms. The SMILES string of the molecule is CN=C(NCCS(=O)C(C)(C)C)N(C)CC1CCC(C)CC1. The van der Waals surface area contributed by atoms with Gasteiger partial charge in [-0.05, 0) is 45.4 Å². The molecule has 0 aromatic carbocycles. The minimum absolute atomic E-state index is 0.143. The van der Waals surface area contributed by atoms with Crippen LogP contribution in [0, 0.1) is 11.8 Å². The number of hydrogen-bond acceptors (Lipinski definition) is 2. The first-order valence-corrected chi connectivity index (χ1v) is 9.86. The molecule has 1 aliphatic rings. The van der Waals surface area contributed by atoms with Crippen molar-refractivity contribution < 1.29 is 4.21 Å². The first kappa shape index (κ1) is 19.5. The molecule has 0 amide bonds. The predicted molar refractivity (Wildman–Crippen MR) is 97.9 cm³/mol. The second-order valence-electron chi connectivity index (χ2n) is 7.64. The van der Waals surface area contributed by atoms with Gasteiger partial charge in [-0.1, -0.05) is 19.8 Å². The highest BCUT2D eigenvalue weighted by atomic mass is 32.2. The monoisotopic (exact) mass is 329 g/mol. The van der Waals surface area contributed by atoms with Crippen molar-refractivity contribution in [3.63, 3.8) is 0 Å². The molecule has 22 heavy (non-hydrogen) atoms. The van der Waals surface area contributed by atoms with Gasteiger partial charge in [0.15, 0.2) is 5.96 Å². The van der Waals surface area contributed by atoms with E-state index in [-0.39, 0.29) is 4.75 Å². The Hall–Kier alpha value is -0.580. The fourth-order valence-electron chi connectivity index (χ4n) is 2.93. The van der Waals surface area contributed by atoms with Gasteiger partial charge < -0.3 is 10.2 Å². The molecule has 0 aromatic heterocycles. The Kier molecular flexibility index (Phi) is 7.87. The lowest BCUT2D eigenvalue weighted by atomic mass is 9.83. The number of nitrogens with one attached hydrogen (secondary N) is 1. The molecule has 0 aliphatic heterocycles. The minimum atomic E-state index is -0.815. The maximum Gasteiger partial charge on any atom is 0.193 e. The van der Waals surface area contributed by atoms with Crippen LogP contribution in [0.25, 0.3) is 0 Å². The summed E-state index contributed by atoms with van der Waals surface area (Å²) in [6.45, 7) is 10.2. The van der Waals surface area contributed by atoms with E-state index in [9.17, 15) is 4.21 Å². The Balaban J connectivity index is 2.36. The second-order valence-corrected chi connectivity index (χ2v) is 9.97. The number of aliphatic imine (C=N–C) groups is 1. The van der Waals surface area contributed by atoms with Crippen LogP contribution in [0.15, 0.2) is 4.99 Å². The normalized spacial score (nSPS) is 24.9. The van der Waals surface area contributed by atoms with Crippen molar-refractivity contribution in [1.29, 1.82) is 0 Å². The highest BCUT2D eigenvalue weighted by molar-refractivity contribution is 7.86. The molecule has 0 spiro atoms. The van der Waals surface area contributed by atoms with Crippen molar-refractivity contribution >= 4 is 16.8 Å². The molecule has 130 valence electrons. The third-order valence-corrected chi connectivity index (χ3v) is 6.44. The van der Waals surface area contributed by atoms with Crippen LogP contribution in [0.5, 0.6) is 0 Å². The van der Waals surface area contributed by atoms with Gasteiger partial charge in [0.25, 0.3) is 0 Å². The number of rotatable bonds is 5. The van der Waals surface area contributed by atoms with Crippen molar-refractivity contribution in [3.8, 4) is 0 Å². The predicted octanol–water partition coefficient (Wildman–Crippen LogP) is 2.87. The lowest BCUT2D eigenvalue weighted by Gasteiger charge is -2.31. The number of nitrogens with zero attached hydrogens (tertiary/aromatic N) is 2. The van der Waals surface area contributed by atoms with E-state index >= 15 is 0 Å². The number of guanidine groups is 1. The summed E-state index contributed by atoms with van der Waals surface area (Å²) in [5.74, 6) is 3.26. The van der Waals surface area contributed by atoms with Crippen molar-refractivity contribution in [2.24, 2.45) is 16.8 Å². The zero-order chi connectivity index (χ0) is 16.8. The van der Waals surface area contributed by atoms with Gasteiger partial charge in [0, 0.05) is 48.5 Å². The van der Waals surface area contributed by atoms with Crippen LogP contribution < -0.4 is 5.32 Å². The summed E-state index contributed by atoms with van der Waals surface area (Å²) in [5, 5.41) is 3.35. The summed E-state index contributed by atoms with van der Waals surface area (Å²) in [6.07, 6.45) is 5.37. The van der Waals surface area contributed by atoms with E-state index in [1.165, 1.54) is 25.7 Å². The molecule has 0 aromatic rings. The van der Waals surface area contributed by atoms with Gasteiger partial charge in [0.1, 0.15) is 0 Å². The topological polar surface area (TPSA) is 44.7 Å². The Morgan fingerprint density at radius 1 is 1.27 bits per heavy atom. The molecule has 0 saturated heterocycles. The van der Waals surface area contributed by atoms with E-state index in [1.54, 1.807) is 0 Å². The van der Waals surface area contributed by atoms with Crippen molar-refractivity contribution in [2.75, 3.05) is 32.9 Å². The van der Waals surface area contributed by atoms with Gasteiger partial charge in [-0.25, -0.2) is 0 Å². The Bertz CT molecular complexity index is 382. The molecule has 1 rings (SSSR count). The van der Waals surface area contributed by atoms with Crippen LogP contribution in [0.3, 0.4) is 0 Å². The van der Waals surface area contributed by atoms with E-state index in [0.29, 0.717) is 12.3 Å². The van der Waals surface area contributed by atoms with E-state index in [2.05, 4.69) is 29.2 Å². The first-order valence-electron chi connectivity index (χ1n) is 8.54. The second kappa shape index (κ2) is 8.90. The fraction of sp³-hybridized carbons (Fsp3) is 0.941. The smallest absolute Gasteiger partial charge is 0.193 e. The Labute approximate surface area is 139 Å².